The van der Waals surface area contributed by atoms with Crippen molar-refractivity contribution in [2.75, 3.05) is 42.6 Å². The molecule has 0 spiro atoms. The summed E-state index contributed by atoms with van der Waals surface area (Å²) in [4.78, 5) is 18.8. The van der Waals surface area contributed by atoms with Crippen molar-refractivity contribution in [2.45, 2.75) is 18.8 Å². The van der Waals surface area contributed by atoms with Crippen LogP contribution in [0.15, 0.2) is 65.1 Å². The van der Waals surface area contributed by atoms with Gasteiger partial charge >= 0.3 is 0 Å². The number of carbonyl (C=O) groups is 1. The summed E-state index contributed by atoms with van der Waals surface area (Å²) in [6, 6.07) is 19.1. The van der Waals surface area contributed by atoms with Gasteiger partial charge in [0.15, 0.2) is 0 Å². The number of hydrogen-bond donors (Lipinski definition) is 2. The zero-order valence-corrected chi connectivity index (χ0v) is 24.8. The van der Waals surface area contributed by atoms with E-state index in [-0.39, 0.29) is 17.6 Å². The minimum Gasteiger partial charge on any atom is -0.455 e. The number of anilines is 2. The molecule has 1 aliphatic heterocycles. The quantitative estimate of drug-likeness (QED) is 0.257. The van der Waals surface area contributed by atoms with Crippen molar-refractivity contribution < 1.29 is 22.0 Å². The van der Waals surface area contributed by atoms with Gasteiger partial charge in [-0.2, -0.15) is 5.26 Å². The second kappa shape index (κ2) is 10.8. The van der Waals surface area contributed by atoms with E-state index in [0.29, 0.717) is 39.9 Å². The van der Waals surface area contributed by atoms with E-state index in [0.717, 1.165) is 47.9 Å². The largest absolute Gasteiger partial charge is 0.455 e. The Bertz CT molecular complexity index is 2020. The highest BCUT2D eigenvalue weighted by molar-refractivity contribution is 7.92. The SMILES string of the molecule is CNC(=O)c1c(-c2ccc(F)cc2)oc2cc(N(C)S(C)(=O)=O)c([C@@H]3CCCN(c4cc5cccc(C#N)c5[nH]4)C3)cc12. The molecule has 1 atom stereocenters. The number of hydrogen-bond acceptors (Lipinski definition) is 6. The predicted octanol–water partition coefficient (Wildman–Crippen LogP) is 5.73. The monoisotopic (exact) mass is 599 g/mol. The molecule has 11 heteroatoms. The highest BCUT2D eigenvalue weighted by atomic mass is 32.2. The predicted molar refractivity (Wildman–Crippen MR) is 165 cm³/mol. The number of fused-ring (bicyclic) bond motifs is 2. The molecule has 9 nitrogen and oxygen atoms in total. The van der Waals surface area contributed by atoms with Crippen molar-refractivity contribution in [2.24, 2.45) is 0 Å². The van der Waals surface area contributed by atoms with Crippen LogP contribution in [0.5, 0.6) is 0 Å². The van der Waals surface area contributed by atoms with Gasteiger partial charge in [-0.3, -0.25) is 9.10 Å². The normalized spacial score (nSPS) is 15.5. The average molecular weight is 600 g/mol. The molecule has 5 aromatic rings. The van der Waals surface area contributed by atoms with E-state index in [1.54, 1.807) is 24.3 Å². The van der Waals surface area contributed by atoms with E-state index in [4.69, 9.17) is 4.42 Å². The Morgan fingerprint density at radius 3 is 2.65 bits per heavy atom. The number of para-hydroxylation sites is 1. The number of piperidine rings is 1. The average Bonchev–Trinajstić information content (AvgIpc) is 3.61. The van der Waals surface area contributed by atoms with Gasteiger partial charge in [0.2, 0.25) is 10.0 Å². The minimum absolute atomic E-state index is 0.0825. The lowest BCUT2D eigenvalue weighted by Crippen LogP contribution is -2.35. The van der Waals surface area contributed by atoms with Crippen molar-refractivity contribution in [1.82, 2.24) is 10.3 Å². The fourth-order valence-electron chi connectivity index (χ4n) is 5.94. The number of nitrogens with one attached hydrogen (secondary N) is 2. The lowest BCUT2D eigenvalue weighted by molar-refractivity contribution is 0.0964. The van der Waals surface area contributed by atoms with Crippen LogP contribution in [-0.4, -0.2) is 52.7 Å². The summed E-state index contributed by atoms with van der Waals surface area (Å²) < 4.78 is 46.7. The Balaban J connectivity index is 1.50. The van der Waals surface area contributed by atoms with Crippen molar-refractivity contribution in [3.8, 4) is 17.4 Å². The van der Waals surface area contributed by atoms with Crippen molar-refractivity contribution in [1.29, 1.82) is 5.26 Å². The van der Waals surface area contributed by atoms with Gasteiger partial charge in [-0.05, 0) is 60.9 Å². The van der Waals surface area contributed by atoms with Gasteiger partial charge in [-0.25, -0.2) is 12.8 Å². The van der Waals surface area contributed by atoms with Crippen LogP contribution in [0.2, 0.25) is 0 Å². The Hall–Kier alpha value is -4.82. The molecule has 3 aromatic carbocycles. The molecule has 220 valence electrons. The maximum atomic E-state index is 13.7. The zero-order chi connectivity index (χ0) is 30.5. The molecule has 0 bridgehead atoms. The van der Waals surface area contributed by atoms with Crippen molar-refractivity contribution in [3.05, 3.63) is 83.2 Å². The first kappa shape index (κ1) is 28.3. The van der Waals surface area contributed by atoms with Gasteiger partial charge in [0, 0.05) is 55.5 Å². The van der Waals surface area contributed by atoms with Gasteiger partial charge in [-0.1, -0.05) is 12.1 Å². The number of rotatable bonds is 6. The summed E-state index contributed by atoms with van der Waals surface area (Å²) in [7, 11) is -0.605. The van der Waals surface area contributed by atoms with E-state index < -0.39 is 15.8 Å². The van der Waals surface area contributed by atoms with E-state index in [1.165, 1.54) is 30.5 Å². The second-order valence-electron chi connectivity index (χ2n) is 10.9. The third kappa shape index (κ3) is 5.08. The van der Waals surface area contributed by atoms with Crippen LogP contribution in [0.1, 0.15) is 40.2 Å². The van der Waals surface area contributed by atoms with Crippen LogP contribution in [0, 0.1) is 17.1 Å². The number of H-pyrrole nitrogens is 1. The molecule has 0 aliphatic carbocycles. The first-order valence-electron chi connectivity index (χ1n) is 13.9. The van der Waals surface area contributed by atoms with Crippen molar-refractivity contribution >= 4 is 49.3 Å². The number of aromatic amines is 1. The number of benzene rings is 3. The summed E-state index contributed by atoms with van der Waals surface area (Å²) >= 11 is 0. The minimum atomic E-state index is -3.64. The van der Waals surface area contributed by atoms with Crippen LogP contribution < -0.4 is 14.5 Å². The molecule has 0 saturated carbocycles. The highest BCUT2D eigenvalue weighted by Crippen LogP contribution is 2.42. The molecule has 1 saturated heterocycles. The summed E-state index contributed by atoms with van der Waals surface area (Å²) in [6.45, 7) is 1.37. The van der Waals surface area contributed by atoms with E-state index >= 15 is 0 Å². The van der Waals surface area contributed by atoms with Gasteiger partial charge in [-0.15, -0.1) is 0 Å². The summed E-state index contributed by atoms with van der Waals surface area (Å²) in [5, 5.41) is 13.7. The van der Waals surface area contributed by atoms with Crippen LogP contribution in [0.4, 0.5) is 15.9 Å². The summed E-state index contributed by atoms with van der Waals surface area (Å²) in [5.74, 6) is 0.290. The Morgan fingerprint density at radius 1 is 1.19 bits per heavy atom. The second-order valence-corrected chi connectivity index (χ2v) is 12.9. The molecule has 1 aliphatic rings. The molecule has 0 unspecified atom stereocenters. The topological polar surface area (TPSA) is 122 Å². The molecule has 2 N–H and O–H groups in total. The molecule has 2 aromatic heterocycles. The Labute approximate surface area is 248 Å². The third-order valence-electron chi connectivity index (χ3n) is 8.20. The molecule has 1 fully saturated rings. The van der Waals surface area contributed by atoms with Gasteiger partial charge in [0.1, 0.15) is 29.0 Å². The van der Waals surface area contributed by atoms with Crippen LogP contribution in [0.25, 0.3) is 33.2 Å². The number of amides is 1. The third-order valence-corrected chi connectivity index (χ3v) is 9.39. The fraction of sp³-hybridized carbons (Fsp3) is 0.250. The van der Waals surface area contributed by atoms with E-state index in [1.807, 2.05) is 24.3 Å². The Morgan fingerprint density at radius 2 is 1.95 bits per heavy atom. The van der Waals surface area contributed by atoms with Crippen LogP contribution in [0.3, 0.4) is 0 Å². The van der Waals surface area contributed by atoms with Gasteiger partial charge in [0.25, 0.3) is 5.91 Å². The maximum absolute atomic E-state index is 13.7. The Kier molecular flexibility index (Phi) is 7.10. The summed E-state index contributed by atoms with van der Waals surface area (Å²) in [5.41, 5.74) is 3.76. The number of sulfonamides is 1. The molecule has 3 heterocycles. The molecule has 1 amide bonds. The van der Waals surface area contributed by atoms with E-state index in [9.17, 15) is 22.9 Å². The van der Waals surface area contributed by atoms with Gasteiger partial charge in [0.05, 0.1) is 28.6 Å². The first-order valence-corrected chi connectivity index (χ1v) is 15.7. The zero-order valence-electron chi connectivity index (χ0n) is 23.9. The summed E-state index contributed by atoms with van der Waals surface area (Å²) in [6.07, 6.45) is 2.79. The number of nitrogens with zero attached hydrogens (tertiary/aromatic N) is 3. The smallest absolute Gasteiger partial charge is 0.255 e. The lowest BCUT2D eigenvalue weighted by Gasteiger charge is -2.35. The number of halogens is 1. The fourth-order valence-corrected chi connectivity index (χ4v) is 6.45. The molecule has 43 heavy (non-hydrogen) atoms. The molecular weight excluding hydrogens is 569 g/mol. The number of furan rings is 1. The first-order chi connectivity index (χ1) is 20.6. The maximum Gasteiger partial charge on any atom is 0.255 e. The van der Waals surface area contributed by atoms with E-state index in [2.05, 4.69) is 21.3 Å². The number of carbonyl (C=O) groups excluding carboxylic acids is 1. The molecule has 6 rings (SSSR count). The highest BCUT2D eigenvalue weighted by Gasteiger charge is 2.30. The van der Waals surface area contributed by atoms with Gasteiger partial charge < -0.3 is 19.6 Å². The van der Waals surface area contributed by atoms with Crippen molar-refractivity contribution in [3.63, 3.8) is 0 Å². The molecule has 0 radical (unpaired) electrons. The number of nitriles is 1. The van der Waals surface area contributed by atoms with Crippen LogP contribution in [-0.2, 0) is 10.0 Å². The number of aromatic nitrogens is 1. The standard InChI is InChI=1S/C32H30FN5O4S/c1-35-32(39)29-25-15-24(22-8-5-13-38(18-22)28-14-20-6-4-7-21(17-34)30(20)36-28)26(37(2)43(3,40)41)16-27(25)42-31(29)19-9-11-23(33)12-10-19/h4,6-7,9-12,14-16,22,36H,5,8,13,18H2,1-3H3,(H,35,39)/t22-/m1/s1. The lowest BCUT2D eigenvalue weighted by atomic mass is 9.88. The molecular formula is C32H30FN5O4S. The van der Waals surface area contributed by atoms with Crippen LogP contribution >= 0.6 is 0 Å².